The number of oxime groups is 1. The van der Waals surface area contributed by atoms with E-state index in [4.69, 9.17) is 10.9 Å². The van der Waals surface area contributed by atoms with Crippen LogP contribution in [0.25, 0.3) is 0 Å². The summed E-state index contributed by atoms with van der Waals surface area (Å²) in [5, 5.41) is 15.9. The van der Waals surface area contributed by atoms with Crippen molar-refractivity contribution in [3.8, 4) is 0 Å². The Hall–Kier alpha value is -1.52. The zero-order valence-corrected chi connectivity index (χ0v) is 9.44. The molecular weight excluding hydrogens is 192 g/mol. The van der Waals surface area contributed by atoms with Crippen LogP contribution in [-0.4, -0.2) is 20.8 Å². The van der Waals surface area contributed by atoms with Gasteiger partial charge in [0, 0.05) is 18.2 Å². The molecule has 5 heteroatoms. The van der Waals surface area contributed by atoms with Crippen LogP contribution in [0.5, 0.6) is 0 Å². The second-order valence-electron chi connectivity index (χ2n) is 4.34. The van der Waals surface area contributed by atoms with Crippen molar-refractivity contribution in [1.82, 2.24) is 9.78 Å². The van der Waals surface area contributed by atoms with Crippen molar-refractivity contribution in [3.05, 3.63) is 18.0 Å². The highest BCUT2D eigenvalue weighted by atomic mass is 16.4. The third-order valence-corrected chi connectivity index (χ3v) is 2.54. The first-order valence-electron chi connectivity index (χ1n) is 4.94. The van der Waals surface area contributed by atoms with E-state index in [0.717, 1.165) is 18.7 Å². The van der Waals surface area contributed by atoms with Crippen molar-refractivity contribution < 1.29 is 5.21 Å². The molecule has 1 aromatic heterocycles. The summed E-state index contributed by atoms with van der Waals surface area (Å²) in [6.45, 7) is 6.60. The van der Waals surface area contributed by atoms with E-state index in [-0.39, 0.29) is 11.3 Å². The SMILES string of the molecule is Cc1ccn(CCC(C)(C)C(N)=NO)n1. The fourth-order valence-corrected chi connectivity index (χ4v) is 1.25. The average molecular weight is 210 g/mol. The number of nitrogens with zero attached hydrogens (tertiary/aromatic N) is 3. The quantitative estimate of drug-likeness (QED) is 0.341. The van der Waals surface area contributed by atoms with Crippen molar-refractivity contribution in [2.75, 3.05) is 0 Å². The Morgan fingerprint density at radius 1 is 1.67 bits per heavy atom. The van der Waals surface area contributed by atoms with Gasteiger partial charge in [-0.25, -0.2) is 0 Å². The molecule has 1 heterocycles. The molecule has 1 rings (SSSR count). The molecular formula is C10H18N4O. The fraction of sp³-hybridized carbons (Fsp3) is 0.600. The van der Waals surface area contributed by atoms with Crippen molar-refractivity contribution in [1.29, 1.82) is 0 Å². The van der Waals surface area contributed by atoms with Crippen LogP contribution in [0.1, 0.15) is 26.0 Å². The predicted molar refractivity (Wildman–Crippen MR) is 58.8 cm³/mol. The fourth-order valence-electron chi connectivity index (χ4n) is 1.25. The largest absolute Gasteiger partial charge is 0.409 e. The van der Waals surface area contributed by atoms with Crippen molar-refractivity contribution in [2.24, 2.45) is 16.3 Å². The Labute approximate surface area is 89.6 Å². The number of amidine groups is 1. The second kappa shape index (κ2) is 4.33. The number of rotatable bonds is 4. The topological polar surface area (TPSA) is 76.4 Å². The predicted octanol–water partition coefficient (Wildman–Crippen LogP) is 1.35. The summed E-state index contributed by atoms with van der Waals surface area (Å²) >= 11 is 0. The Kier molecular flexibility index (Phi) is 3.34. The molecule has 1 aromatic rings. The van der Waals surface area contributed by atoms with E-state index in [0.29, 0.717) is 0 Å². The molecule has 0 bridgehead atoms. The molecule has 15 heavy (non-hydrogen) atoms. The highest BCUT2D eigenvalue weighted by molar-refractivity contribution is 5.85. The van der Waals surface area contributed by atoms with Crippen LogP contribution in [0.3, 0.4) is 0 Å². The second-order valence-corrected chi connectivity index (χ2v) is 4.34. The van der Waals surface area contributed by atoms with Gasteiger partial charge in [0.05, 0.1) is 5.69 Å². The molecule has 0 amide bonds. The lowest BCUT2D eigenvalue weighted by atomic mass is 9.88. The van der Waals surface area contributed by atoms with Gasteiger partial charge in [-0.1, -0.05) is 19.0 Å². The zero-order chi connectivity index (χ0) is 11.5. The van der Waals surface area contributed by atoms with Crippen molar-refractivity contribution in [3.63, 3.8) is 0 Å². The first kappa shape index (κ1) is 11.6. The minimum absolute atomic E-state index is 0.256. The van der Waals surface area contributed by atoms with Gasteiger partial charge < -0.3 is 10.9 Å². The minimum Gasteiger partial charge on any atom is -0.409 e. The minimum atomic E-state index is -0.311. The Morgan fingerprint density at radius 2 is 2.33 bits per heavy atom. The lowest BCUT2D eigenvalue weighted by Crippen LogP contribution is -2.33. The van der Waals surface area contributed by atoms with Crippen LogP contribution in [0.15, 0.2) is 17.4 Å². The van der Waals surface area contributed by atoms with E-state index in [2.05, 4.69) is 10.3 Å². The van der Waals surface area contributed by atoms with E-state index in [1.165, 1.54) is 0 Å². The van der Waals surface area contributed by atoms with E-state index in [1.54, 1.807) is 0 Å². The average Bonchev–Trinajstić information content (AvgIpc) is 2.60. The maximum Gasteiger partial charge on any atom is 0.144 e. The van der Waals surface area contributed by atoms with Crippen LogP contribution < -0.4 is 5.73 Å². The van der Waals surface area contributed by atoms with Gasteiger partial charge >= 0.3 is 0 Å². The zero-order valence-electron chi connectivity index (χ0n) is 9.44. The summed E-state index contributed by atoms with van der Waals surface area (Å²) < 4.78 is 1.86. The first-order valence-corrected chi connectivity index (χ1v) is 4.94. The van der Waals surface area contributed by atoms with Crippen LogP contribution in [0.2, 0.25) is 0 Å². The van der Waals surface area contributed by atoms with Crippen LogP contribution >= 0.6 is 0 Å². The smallest absolute Gasteiger partial charge is 0.144 e. The monoisotopic (exact) mass is 210 g/mol. The summed E-state index contributed by atoms with van der Waals surface area (Å²) in [7, 11) is 0. The molecule has 0 atom stereocenters. The number of aromatic nitrogens is 2. The molecule has 0 spiro atoms. The van der Waals surface area contributed by atoms with Gasteiger partial charge in [0.25, 0.3) is 0 Å². The van der Waals surface area contributed by atoms with E-state index in [1.807, 2.05) is 37.7 Å². The van der Waals surface area contributed by atoms with Crippen molar-refractivity contribution >= 4 is 5.84 Å². The summed E-state index contributed by atoms with van der Waals surface area (Å²) in [5.41, 5.74) is 6.28. The van der Waals surface area contributed by atoms with Crippen LogP contribution in [-0.2, 0) is 6.54 Å². The molecule has 3 N–H and O–H groups in total. The van der Waals surface area contributed by atoms with Gasteiger partial charge in [0.1, 0.15) is 5.84 Å². The number of aryl methyl sites for hydroxylation is 2. The summed E-state index contributed by atoms with van der Waals surface area (Å²) in [5.74, 6) is 0.256. The molecule has 0 saturated heterocycles. The third-order valence-electron chi connectivity index (χ3n) is 2.54. The third kappa shape index (κ3) is 2.97. The molecule has 0 radical (unpaired) electrons. The maximum atomic E-state index is 8.61. The Balaban J connectivity index is 2.57. The molecule has 0 aromatic carbocycles. The number of hydrogen-bond donors (Lipinski definition) is 2. The molecule has 0 unspecified atom stereocenters. The van der Waals surface area contributed by atoms with Gasteiger partial charge in [-0.05, 0) is 19.4 Å². The molecule has 0 fully saturated rings. The Morgan fingerprint density at radius 3 is 2.80 bits per heavy atom. The molecule has 84 valence electrons. The lowest BCUT2D eigenvalue weighted by molar-refractivity contribution is 0.302. The highest BCUT2D eigenvalue weighted by Gasteiger charge is 2.23. The number of hydrogen-bond acceptors (Lipinski definition) is 3. The van der Waals surface area contributed by atoms with Gasteiger partial charge in [0.2, 0.25) is 0 Å². The van der Waals surface area contributed by atoms with Gasteiger partial charge in [-0.2, -0.15) is 5.10 Å². The van der Waals surface area contributed by atoms with E-state index >= 15 is 0 Å². The maximum absolute atomic E-state index is 8.61. The standard InChI is InChI=1S/C10H18N4O/c1-8-4-6-14(12-8)7-5-10(2,3)9(11)13-15/h4,6,15H,5,7H2,1-3H3,(H2,11,13). The number of nitrogens with two attached hydrogens (primary N) is 1. The van der Waals surface area contributed by atoms with Gasteiger partial charge in [-0.15, -0.1) is 0 Å². The summed E-state index contributed by atoms with van der Waals surface area (Å²) in [6, 6.07) is 1.95. The molecule has 5 nitrogen and oxygen atoms in total. The van der Waals surface area contributed by atoms with Gasteiger partial charge in [0.15, 0.2) is 0 Å². The van der Waals surface area contributed by atoms with Crippen molar-refractivity contribution in [2.45, 2.75) is 33.7 Å². The molecule has 0 aliphatic rings. The van der Waals surface area contributed by atoms with Crippen LogP contribution in [0, 0.1) is 12.3 Å². The Bertz CT molecular complexity index is 354. The van der Waals surface area contributed by atoms with Gasteiger partial charge in [-0.3, -0.25) is 4.68 Å². The van der Waals surface area contributed by atoms with Crippen LogP contribution in [0.4, 0.5) is 0 Å². The molecule has 0 aliphatic carbocycles. The summed E-state index contributed by atoms with van der Waals surface area (Å²) in [6.07, 6.45) is 2.71. The lowest BCUT2D eigenvalue weighted by Gasteiger charge is -2.22. The van der Waals surface area contributed by atoms with E-state index in [9.17, 15) is 0 Å². The first-order chi connectivity index (χ1) is 6.95. The highest BCUT2D eigenvalue weighted by Crippen LogP contribution is 2.21. The molecule has 0 aliphatic heterocycles. The summed E-state index contributed by atoms with van der Waals surface area (Å²) in [4.78, 5) is 0. The normalized spacial score (nSPS) is 13.1. The van der Waals surface area contributed by atoms with E-state index < -0.39 is 0 Å². The molecule has 0 saturated carbocycles.